The molecule has 1 heterocycles. The molecule has 1 unspecified atom stereocenters. The van der Waals surface area contributed by atoms with E-state index in [-0.39, 0.29) is 34.4 Å². The minimum atomic E-state index is -0.247. The van der Waals surface area contributed by atoms with Crippen LogP contribution in [0.15, 0.2) is 35.1 Å². The number of thiazole rings is 1. The molecule has 1 aromatic heterocycles. The van der Waals surface area contributed by atoms with Crippen molar-refractivity contribution in [3.8, 4) is 5.75 Å². The van der Waals surface area contributed by atoms with Gasteiger partial charge >= 0.3 is 4.87 Å². The first-order chi connectivity index (χ1) is 17.4. The van der Waals surface area contributed by atoms with Crippen LogP contribution in [0.2, 0.25) is 10.0 Å². The second kappa shape index (κ2) is 13.1. The first-order valence-electron chi connectivity index (χ1n) is 12.4. The molecule has 1 amide bonds. The van der Waals surface area contributed by atoms with Gasteiger partial charge in [0.05, 0.1) is 14.7 Å². The van der Waals surface area contributed by atoms with Crippen LogP contribution < -0.4 is 15.9 Å². The highest BCUT2D eigenvalue weighted by Gasteiger charge is 2.22. The molecule has 7 nitrogen and oxygen atoms in total. The molecule has 10 heteroatoms. The predicted molar refractivity (Wildman–Crippen MR) is 154 cm³/mol. The van der Waals surface area contributed by atoms with E-state index in [9.17, 15) is 14.7 Å². The second-order valence-electron chi connectivity index (χ2n) is 10.6. The van der Waals surface area contributed by atoms with Gasteiger partial charge in [-0.15, -0.1) is 0 Å². The first kappa shape index (κ1) is 29.5. The summed E-state index contributed by atoms with van der Waals surface area (Å²) in [6, 6.07) is 8.75. The Balaban J connectivity index is 1.49. The highest BCUT2D eigenvalue weighted by Crippen LogP contribution is 2.28. The van der Waals surface area contributed by atoms with Crippen LogP contribution in [-0.2, 0) is 17.6 Å². The third-order valence-electron chi connectivity index (χ3n) is 6.01. The summed E-state index contributed by atoms with van der Waals surface area (Å²) in [6.07, 6.45) is 2.40. The number of nitrogens with two attached hydrogens (primary N) is 1. The normalized spacial score (nSPS) is 12.7. The number of phenolic OH excluding ortho intramolecular Hbond substituents is 1. The van der Waals surface area contributed by atoms with E-state index in [1.165, 1.54) is 0 Å². The van der Waals surface area contributed by atoms with Crippen LogP contribution in [0.1, 0.15) is 44.7 Å². The van der Waals surface area contributed by atoms with Gasteiger partial charge in [0.25, 0.3) is 0 Å². The van der Waals surface area contributed by atoms with Crippen LogP contribution in [0.25, 0.3) is 10.2 Å². The van der Waals surface area contributed by atoms with Crippen LogP contribution in [-0.4, -0.2) is 53.1 Å². The number of nitrogens with zero attached hydrogens (tertiary/aromatic N) is 1. The van der Waals surface area contributed by atoms with E-state index in [0.29, 0.717) is 54.6 Å². The lowest BCUT2D eigenvalue weighted by molar-refractivity contribution is -0.132. The molecule has 0 saturated carbocycles. The quantitative estimate of drug-likeness (QED) is 0.231. The Morgan fingerprint density at radius 1 is 1.16 bits per heavy atom. The Hall–Kier alpha value is -2.10. The van der Waals surface area contributed by atoms with Gasteiger partial charge in [-0.05, 0) is 60.5 Å². The summed E-state index contributed by atoms with van der Waals surface area (Å²) in [5.74, 6) is 0.132. The molecule has 0 aliphatic heterocycles. The molecular weight excluding hydrogens is 531 g/mol. The summed E-state index contributed by atoms with van der Waals surface area (Å²) in [5.41, 5.74) is 8.83. The van der Waals surface area contributed by atoms with E-state index in [0.717, 1.165) is 33.6 Å². The Morgan fingerprint density at radius 2 is 1.92 bits per heavy atom. The number of amides is 1. The fraction of sp³-hybridized carbons (Fsp3) is 0.481. The fourth-order valence-corrected chi connectivity index (χ4v) is 5.42. The van der Waals surface area contributed by atoms with E-state index >= 15 is 0 Å². The van der Waals surface area contributed by atoms with Crippen LogP contribution in [0.5, 0.6) is 5.75 Å². The fourth-order valence-electron chi connectivity index (χ4n) is 4.20. The number of hydrogen-bond donors (Lipinski definition) is 4. The monoisotopic (exact) mass is 566 g/mol. The molecule has 5 N–H and O–H groups in total. The Morgan fingerprint density at radius 3 is 2.62 bits per heavy atom. The lowest BCUT2D eigenvalue weighted by Crippen LogP contribution is -2.43. The molecule has 3 aromatic rings. The molecule has 0 radical (unpaired) electrons. The van der Waals surface area contributed by atoms with E-state index in [4.69, 9.17) is 28.9 Å². The number of nitrogens with one attached hydrogen (secondary N) is 2. The highest BCUT2D eigenvalue weighted by atomic mass is 35.5. The second-order valence-corrected chi connectivity index (χ2v) is 12.4. The van der Waals surface area contributed by atoms with Crippen molar-refractivity contribution in [2.75, 3.05) is 26.2 Å². The third-order valence-corrected chi connectivity index (χ3v) is 7.71. The first-order valence-corrected chi connectivity index (χ1v) is 14.0. The van der Waals surface area contributed by atoms with Crippen LogP contribution in [0.3, 0.4) is 0 Å². The maximum atomic E-state index is 13.1. The summed E-state index contributed by atoms with van der Waals surface area (Å²) in [7, 11) is 0. The number of fused-ring (bicyclic) bond motifs is 1. The number of H-pyrrole nitrogens is 1. The number of aromatic amines is 1. The van der Waals surface area contributed by atoms with Crippen molar-refractivity contribution >= 4 is 50.7 Å². The van der Waals surface area contributed by atoms with Gasteiger partial charge in [0.15, 0.2) is 0 Å². The third kappa shape index (κ3) is 9.00. The minimum Gasteiger partial charge on any atom is -0.506 e. The van der Waals surface area contributed by atoms with Crippen molar-refractivity contribution in [1.82, 2.24) is 15.2 Å². The lowest BCUT2D eigenvalue weighted by atomic mass is 9.95. The molecule has 1 atom stereocenters. The average molecular weight is 568 g/mol. The molecule has 0 saturated heterocycles. The van der Waals surface area contributed by atoms with Gasteiger partial charge in [0, 0.05) is 32.1 Å². The topological polar surface area (TPSA) is 111 Å². The van der Waals surface area contributed by atoms with E-state index in [2.05, 4.69) is 31.1 Å². The van der Waals surface area contributed by atoms with Crippen molar-refractivity contribution in [3.63, 3.8) is 0 Å². The summed E-state index contributed by atoms with van der Waals surface area (Å²) in [4.78, 5) is 29.2. The van der Waals surface area contributed by atoms with Crippen molar-refractivity contribution in [2.45, 2.75) is 52.5 Å². The maximum absolute atomic E-state index is 13.1. The standard InChI is InChI=1S/C27H36Cl2N4O3S/c1-27(2,3)16-33(23(35)15-19(30)7-4-17-5-8-20(28)21(29)14-17)13-12-31-11-10-18-6-9-22(34)24-25(18)37-26(36)32-24/h5-6,8-9,14,19,31,34H,4,7,10-13,15-16,30H2,1-3H3,(H,32,36). The number of hydrogen-bond acceptors (Lipinski definition) is 6. The lowest BCUT2D eigenvalue weighted by Gasteiger charge is -2.31. The van der Waals surface area contributed by atoms with Crippen LogP contribution >= 0.6 is 34.5 Å². The van der Waals surface area contributed by atoms with Crippen molar-refractivity contribution in [2.24, 2.45) is 11.1 Å². The smallest absolute Gasteiger partial charge is 0.305 e. The molecular formula is C27H36Cl2N4O3S. The molecule has 0 aliphatic carbocycles. The molecule has 0 bridgehead atoms. The minimum absolute atomic E-state index is 0.0385. The van der Waals surface area contributed by atoms with Gasteiger partial charge in [-0.25, -0.2) is 0 Å². The van der Waals surface area contributed by atoms with E-state index < -0.39 is 0 Å². The van der Waals surface area contributed by atoms with Gasteiger partial charge in [-0.3, -0.25) is 9.59 Å². The molecule has 3 rings (SSSR count). The van der Waals surface area contributed by atoms with Crippen molar-refractivity contribution in [3.05, 3.63) is 61.2 Å². The number of carbonyl (C=O) groups is 1. The Labute approximate surface area is 232 Å². The molecule has 37 heavy (non-hydrogen) atoms. The van der Waals surface area contributed by atoms with Crippen LogP contribution in [0.4, 0.5) is 0 Å². The molecule has 0 spiro atoms. The highest BCUT2D eigenvalue weighted by molar-refractivity contribution is 7.16. The zero-order chi connectivity index (χ0) is 27.2. The molecule has 202 valence electrons. The molecule has 0 aliphatic rings. The summed E-state index contributed by atoms with van der Waals surface area (Å²) < 4.78 is 0.784. The number of phenols is 1. The number of aromatic hydroxyl groups is 1. The van der Waals surface area contributed by atoms with E-state index in [1.807, 2.05) is 23.1 Å². The molecule has 0 fully saturated rings. The zero-order valence-electron chi connectivity index (χ0n) is 21.6. The number of benzene rings is 2. The van der Waals surface area contributed by atoms with E-state index in [1.54, 1.807) is 12.1 Å². The number of aromatic nitrogens is 1. The largest absolute Gasteiger partial charge is 0.506 e. The zero-order valence-corrected chi connectivity index (χ0v) is 23.9. The van der Waals surface area contributed by atoms with Gasteiger partial charge in [0.1, 0.15) is 11.3 Å². The Kier molecular flexibility index (Phi) is 10.4. The summed E-state index contributed by atoms with van der Waals surface area (Å²) in [5, 5.41) is 14.4. The number of aryl methyl sites for hydroxylation is 1. The SMILES string of the molecule is CC(C)(C)CN(CCNCCc1ccc(O)c2[nH]c(=O)sc12)C(=O)CC(N)CCc1ccc(Cl)c(Cl)c1. The maximum Gasteiger partial charge on any atom is 0.305 e. The van der Waals surface area contributed by atoms with Crippen molar-refractivity contribution < 1.29 is 9.90 Å². The number of rotatable bonds is 12. The predicted octanol–water partition coefficient (Wildman–Crippen LogP) is 4.96. The van der Waals surface area contributed by atoms with Gasteiger partial charge < -0.3 is 26.0 Å². The van der Waals surface area contributed by atoms with Gasteiger partial charge in [-0.2, -0.15) is 0 Å². The van der Waals surface area contributed by atoms with Gasteiger partial charge in [-0.1, -0.05) is 67.4 Å². The number of halogens is 2. The Bertz CT molecular complexity index is 1270. The van der Waals surface area contributed by atoms with Crippen LogP contribution in [0, 0.1) is 5.41 Å². The van der Waals surface area contributed by atoms with Gasteiger partial charge in [0.2, 0.25) is 5.91 Å². The average Bonchev–Trinajstić information content (AvgIpc) is 3.22. The summed E-state index contributed by atoms with van der Waals surface area (Å²) >= 11 is 13.2. The summed E-state index contributed by atoms with van der Waals surface area (Å²) in [6.45, 7) is 8.90. The van der Waals surface area contributed by atoms with Crippen molar-refractivity contribution in [1.29, 1.82) is 0 Å². The number of carbonyl (C=O) groups excluding carboxylic acids is 1. The molecule has 2 aromatic carbocycles.